The Morgan fingerprint density at radius 2 is 1.97 bits per heavy atom. The number of nitrogens with two attached hydrogens (primary N) is 1. The van der Waals surface area contributed by atoms with Crippen molar-refractivity contribution in [1.29, 1.82) is 0 Å². The summed E-state index contributed by atoms with van der Waals surface area (Å²) >= 11 is 1.51. The Kier molecular flexibility index (Phi) is 6.18. The number of fused-ring (bicyclic) bond motifs is 1. The molecule has 1 atom stereocenters. The van der Waals surface area contributed by atoms with Crippen LogP contribution in [0.4, 0.5) is 5.69 Å². The van der Waals surface area contributed by atoms with E-state index in [1.165, 1.54) is 30.4 Å². The number of thiophene rings is 1. The molecule has 0 spiro atoms. The van der Waals surface area contributed by atoms with E-state index < -0.39 is 23.9 Å². The van der Waals surface area contributed by atoms with Crippen molar-refractivity contribution in [2.45, 2.75) is 26.5 Å². The first-order valence-corrected chi connectivity index (χ1v) is 11.1. The van der Waals surface area contributed by atoms with Gasteiger partial charge in [0.15, 0.2) is 11.8 Å². The molecule has 33 heavy (non-hydrogen) atoms. The third-order valence-corrected chi connectivity index (χ3v) is 5.88. The number of carbonyl (C=O) groups excluding carboxylic acids is 3. The van der Waals surface area contributed by atoms with Crippen molar-refractivity contribution in [2.75, 3.05) is 5.32 Å². The second-order valence-corrected chi connectivity index (χ2v) is 8.16. The Morgan fingerprint density at radius 3 is 2.61 bits per heavy atom. The third-order valence-electron chi connectivity index (χ3n) is 4.99. The Morgan fingerprint density at radius 1 is 1.21 bits per heavy atom. The van der Waals surface area contributed by atoms with Gasteiger partial charge in [-0.25, -0.2) is 14.5 Å². The van der Waals surface area contributed by atoms with Gasteiger partial charge >= 0.3 is 5.97 Å². The Labute approximate surface area is 193 Å². The van der Waals surface area contributed by atoms with Crippen LogP contribution in [0.3, 0.4) is 0 Å². The number of nitrogens with zero attached hydrogens (tertiary/aromatic N) is 3. The van der Waals surface area contributed by atoms with Gasteiger partial charge in [-0.1, -0.05) is 6.07 Å². The minimum atomic E-state index is -1.07. The van der Waals surface area contributed by atoms with Crippen molar-refractivity contribution in [3.63, 3.8) is 0 Å². The smallest absolute Gasteiger partial charge is 0.339 e. The van der Waals surface area contributed by atoms with Gasteiger partial charge in [0.25, 0.3) is 5.91 Å². The maximum absolute atomic E-state index is 13.0. The fourth-order valence-electron chi connectivity index (χ4n) is 3.24. The fourth-order valence-corrected chi connectivity index (χ4v) is 3.92. The molecular weight excluding hydrogens is 442 g/mol. The number of nitrogens with one attached hydrogen (secondary N) is 1. The second-order valence-electron chi connectivity index (χ2n) is 7.21. The molecule has 0 fully saturated rings. The standard InChI is InChI=1S/C23H21N5O4S/c1-3-28-21-17(12-25-28)16(11-18(27-21)19-5-4-10-33-19)23(31)32-13(2)22(30)26-15-8-6-14(7-9-15)20(24)29/h4-13H,3H2,1-2H3,(H2,24,29)(H,26,30). The summed E-state index contributed by atoms with van der Waals surface area (Å²) in [6.45, 7) is 4.01. The van der Waals surface area contributed by atoms with Gasteiger partial charge in [-0.05, 0) is 55.6 Å². The van der Waals surface area contributed by atoms with Crippen LogP contribution in [-0.2, 0) is 16.1 Å². The first-order valence-electron chi connectivity index (χ1n) is 10.2. The van der Waals surface area contributed by atoms with Crippen LogP contribution in [0, 0.1) is 0 Å². The van der Waals surface area contributed by atoms with E-state index in [9.17, 15) is 14.4 Å². The predicted molar refractivity (Wildman–Crippen MR) is 125 cm³/mol. The zero-order valence-corrected chi connectivity index (χ0v) is 18.8. The van der Waals surface area contributed by atoms with Crippen molar-refractivity contribution in [3.8, 4) is 10.6 Å². The summed E-state index contributed by atoms with van der Waals surface area (Å²) in [6.07, 6.45) is 0.508. The van der Waals surface area contributed by atoms with Gasteiger partial charge in [-0.15, -0.1) is 11.3 Å². The number of pyridine rings is 1. The van der Waals surface area contributed by atoms with Gasteiger partial charge in [0.05, 0.1) is 27.7 Å². The molecule has 168 valence electrons. The highest BCUT2D eigenvalue weighted by atomic mass is 32.1. The number of hydrogen-bond acceptors (Lipinski definition) is 7. The first-order chi connectivity index (χ1) is 15.9. The molecule has 3 heterocycles. The molecule has 3 N–H and O–H groups in total. The number of aryl methyl sites for hydroxylation is 1. The molecule has 0 aliphatic rings. The minimum Gasteiger partial charge on any atom is -0.449 e. The predicted octanol–water partition coefficient (Wildman–Crippen LogP) is 3.46. The lowest BCUT2D eigenvalue weighted by Gasteiger charge is -2.14. The normalized spacial score (nSPS) is 11.8. The number of esters is 1. The number of anilines is 1. The van der Waals surface area contributed by atoms with E-state index >= 15 is 0 Å². The highest BCUT2D eigenvalue weighted by Crippen LogP contribution is 2.28. The Bertz CT molecular complexity index is 1330. The van der Waals surface area contributed by atoms with Crippen LogP contribution in [-0.4, -0.2) is 38.7 Å². The maximum atomic E-state index is 13.0. The quantitative estimate of drug-likeness (QED) is 0.404. The van der Waals surface area contributed by atoms with Gasteiger partial charge in [-0.3, -0.25) is 9.59 Å². The molecule has 3 aromatic heterocycles. The number of benzene rings is 1. The number of hydrogen-bond donors (Lipinski definition) is 2. The van der Waals surface area contributed by atoms with Gasteiger partial charge in [0, 0.05) is 17.8 Å². The maximum Gasteiger partial charge on any atom is 0.339 e. The van der Waals surface area contributed by atoms with E-state index in [1.807, 2.05) is 24.4 Å². The zero-order valence-electron chi connectivity index (χ0n) is 17.9. The molecule has 0 saturated heterocycles. The molecule has 0 saturated carbocycles. The third kappa shape index (κ3) is 4.60. The van der Waals surface area contributed by atoms with E-state index in [0.29, 0.717) is 34.5 Å². The lowest BCUT2D eigenvalue weighted by Crippen LogP contribution is -2.30. The molecule has 10 heteroatoms. The van der Waals surface area contributed by atoms with E-state index in [1.54, 1.807) is 29.1 Å². The average Bonchev–Trinajstić information content (AvgIpc) is 3.48. The lowest BCUT2D eigenvalue weighted by atomic mass is 10.1. The number of amides is 2. The van der Waals surface area contributed by atoms with Crippen molar-refractivity contribution in [2.24, 2.45) is 5.73 Å². The van der Waals surface area contributed by atoms with Gasteiger partial charge < -0.3 is 15.8 Å². The number of aromatic nitrogens is 3. The number of carbonyl (C=O) groups is 3. The molecule has 0 aliphatic heterocycles. The van der Waals surface area contributed by atoms with Gasteiger partial charge in [0.2, 0.25) is 5.91 Å². The van der Waals surface area contributed by atoms with E-state index in [-0.39, 0.29) is 5.56 Å². The minimum absolute atomic E-state index is 0.286. The molecule has 0 radical (unpaired) electrons. The van der Waals surface area contributed by atoms with E-state index in [2.05, 4.69) is 15.4 Å². The van der Waals surface area contributed by atoms with Gasteiger partial charge in [0.1, 0.15) is 0 Å². The summed E-state index contributed by atoms with van der Waals surface area (Å²) in [4.78, 5) is 42.4. The average molecular weight is 464 g/mol. The molecule has 0 aliphatic carbocycles. The number of rotatable bonds is 7. The fraction of sp³-hybridized carbons (Fsp3) is 0.174. The Hall–Kier alpha value is -4.05. The van der Waals surface area contributed by atoms with Crippen LogP contribution in [0.25, 0.3) is 21.6 Å². The summed E-state index contributed by atoms with van der Waals surface area (Å²) in [5, 5.41) is 9.44. The topological polar surface area (TPSA) is 129 Å². The van der Waals surface area contributed by atoms with Crippen LogP contribution < -0.4 is 11.1 Å². The van der Waals surface area contributed by atoms with Crippen LogP contribution >= 0.6 is 11.3 Å². The highest BCUT2D eigenvalue weighted by molar-refractivity contribution is 7.13. The molecule has 2 amide bonds. The van der Waals surface area contributed by atoms with Crippen molar-refractivity contribution in [3.05, 3.63) is 65.2 Å². The molecule has 1 aromatic carbocycles. The number of ether oxygens (including phenoxy) is 1. The van der Waals surface area contributed by atoms with Gasteiger partial charge in [-0.2, -0.15) is 5.10 Å². The van der Waals surface area contributed by atoms with Crippen LogP contribution in [0.2, 0.25) is 0 Å². The lowest BCUT2D eigenvalue weighted by molar-refractivity contribution is -0.123. The number of primary amides is 1. The first kappa shape index (κ1) is 22.2. The highest BCUT2D eigenvalue weighted by Gasteiger charge is 2.23. The monoisotopic (exact) mass is 463 g/mol. The van der Waals surface area contributed by atoms with Crippen molar-refractivity contribution < 1.29 is 19.1 Å². The summed E-state index contributed by atoms with van der Waals surface area (Å²) < 4.78 is 7.17. The summed E-state index contributed by atoms with van der Waals surface area (Å²) in [5.41, 5.74) is 7.48. The van der Waals surface area contributed by atoms with E-state index in [4.69, 9.17) is 10.5 Å². The molecule has 4 rings (SSSR count). The Balaban J connectivity index is 1.56. The summed E-state index contributed by atoms with van der Waals surface area (Å²) in [7, 11) is 0. The summed E-state index contributed by atoms with van der Waals surface area (Å²) in [6, 6.07) is 11.6. The van der Waals surface area contributed by atoms with Crippen LogP contribution in [0.1, 0.15) is 34.6 Å². The molecule has 4 aromatic rings. The van der Waals surface area contributed by atoms with Crippen molar-refractivity contribution in [1.82, 2.24) is 14.8 Å². The van der Waals surface area contributed by atoms with Crippen molar-refractivity contribution >= 4 is 45.8 Å². The molecular formula is C23H21N5O4S. The second kappa shape index (κ2) is 9.21. The SMILES string of the molecule is CCn1ncc2c(C(=O)OC(C)C(=O)Nc3ccc(C(N)=O)cc3)cc(-c3cccs3)nc21. The van der Waals surface area contributed by atoms with Crippen LogP contribution in [0.5, 0.6) is 0 Å². The summed E-state index contributed by atoms with van der Waals surface area (Å²) in [5.74, 6) is -1.72. The largest absolute Gasteiger partial charge is 0.449 e. The zero-order chi connectivity index (χ0) is 23.5. The van der Waals surface area contributed by atoms with E-state index in [0.717, 1.165) is 4.88 Å². The van der Waals surface area contributed by atoms with Crippen LogP contribution in [0.15, 0.2) is 54.0 Å². The molecule has 9 nitrogen and oxygen atoms in total. The molecule has 0 bridgehead atoms. The molecule has 1 unspecified atom stereocenters.